The van der Waals surface area contributed by atoms with E-state index in [-0.39, 0.29) is 0 Å². The molecular formula is C24H29ClN6S. The summed E-state index contributed by atoms with van der Waals surface area (Å²) in [5.41, 5.74) is 3.01. The van der Waals surface area contributed by atoms with Gasteiger partial charge in [-0.3, -0.25) is 0 Å². The molecule has 1 aliphatic carbocycles. The van der Waals surface area contributed by atoms with Gasteiger partial charge in [-0.1, -0.05) is 29.8 Å². The standard InChI is InChI=1S/C24H29ClN6S/c1-15-8-9-16(25)14-21(15)29-24(32)27-18-12-10-17(11-13-18)26-23-28-20-7-5-4-6-19(20)22(30-23)31(2)3/h4-9,14,17-18H,10-13H2,1-3H3,(H,26,28,30)(H2,27,29,32)/t17-,18+. The minimum Gasteiger partial charge on any atom is -0.362 e. The summed E-state index contributed by atoms with van der Waals surface area (Å²) < 4.78 is 0. The molecule has 3 aromatic rings. The van der Waals surface area contributed by atoms with E-state index in [0.29, 0.717) is 28.2 Å². The molecule has 0 unspecified atom stereocenters. The molecule has 0 spiro atoms. The van der Waals surface area contributed by atoms with Crippen LogP contribution >= 0.6 is 23.8 Å². The number of hydrogen-bond acceptors (Lipinski definition) is 5. The van der Waals surface area contributed by atoms with Crippen molar-refractivity contribution in [1.29, 1.82) is 0 Å². The molecule has 0 amide bonds. The highest BCUT2D eigenvalue weighted by atomic mass is 35.5. The fraction of sp³-hybridized carbons (Fsp3) is 0.375. The molecule has 4 rings (SSSR count). The molecule has 0 bridgehead atoms. The Morgan fingerprint density at radius 1 is 1.03 bits per heavy atom. The number of nitrogens with zero attached hydrogens (tertiary/aromatic N) is 3. The molecular weight excluding hydrogens is 440 g/mol. The third kappa shape index (κ3) is 5.40. The quantitative estimate of drug-likeness (QED) is 0.435. The van der Waals surface area contributed by atoms with Gasteiger partial charge in [-0.05, 0) is 74.7 Å². The van der Waals surface area contributed by atoms with Crippen molar-refractivity contribution >= 4 is 57.3 Å². The Hall–Kier alpha value is -2.64. The van der Waals surface area contributed by atoms with Crippen molar-refractivity contribution in [2.45, 2.75) is 44.7 Å². The summed E-state index contributed by atoms with van der Waals surface area (Å²) in [6, 6.07) is 14.6. The molecule has 2 aromatic carbocycles. The minimum atomic E-state index is 0.348. The fourth-order valence-electron chi connectivity index (χ4n) is 4.10. The lowest BCUT2D eigenvalue weighted by Gasteiger charge is -2.30. The van der Waals surface area contributed by atoms with Gasteiger partial charge in [-0.25, -0.2) is 4.98 Å². The molecule has 0 aliphatic heterocycles. The summed E-state index contributed by atoms with van der Waals surface area (Å²) >= 11 is 11.6. The van der Waals surface area contributed by atoms with Crippen molar-refractivity contribution in [2.24, 2.45) is 0 Å². The van der Waals surface area contributed by atoms with Gasteiger partial charge < -0.3 is 20.9 Å². The number of halogens is 1. The van der Waals surface area contributed by atoms with Gasteiger partial charge in [0.2, 0.25) is 5.95 Å². The van der Waals surface area contributed by atoms with E-state index in [1.54, 1.807) is 0 Å². The Kier molecular flexibility index (Phi) is 6.96. The number of thiocarbonyl (C=S) groups is 1. The lowest BCUT2D eigenvalue weighted by atomic mass is 9.91. The Morgan fingerprint density at radius 2 is 1.75 bits per heavy atom. The van der Waals surface area contributed by atoms with Crippen molar-refractivity contribution < 1.29 is 0 Å². The van der Waals surface area contributed by atoms with Crippen LogP contribution in [0, 0.1) is 6.92 Å². The van der Waals surface area contributed by atoms with E-state index in [1.165, 1.54) is 0 Å². The molecule has 6 nitrogen and oxygen atoms in total. The van der Waals surface area contributed by atoms with Gasteiger partial charge in [-0.15, -0.1) is 0 Å². The highest BCUT2D eigenvalue weighted by Gasteiger charge is 2.23. The van der Waals surface area contributed by atoms with Gasteiger partial charge in [-0.2, -0.15) is 4.98 Å². The normalized spacial score (nSPS) is 18.2. The van der Waals surface area contributed by atoms with Crippen LogP contribution in [0.2, 0.25) is 5.02 Å². The van der Waals surface area contributed by atoms with Crippen LogP contribution in [0.3, 0.4) is 0 Å². The number of anilines is 3. The summed E-state index contributed by atoms with van der Waals surface area (Å²) in [6.07, 6.45) is 4.12. The summed E-state index contributed by atoms with van der Waals surface area (Å²) in [7, 11) is 4.02. The number of rotatable bonds is 5. The van der Waals surface area contributed by atoms with Crippen LogP contribution in [0.4, 0.5) is 17.5 Å². The van der Waals surface area contributed by atoms with E-state index < -0.39 is 0 Å². The number of aromatic nitrogens is 2. The first kappa shape index (κ1) is 22.6. The number of fused-ring (bicyclic) bond motifs is 1. The first-order valence-electron chi connectivity index (χ1n) is 10.9. The second kappa shape index (κ2) is 9.88. The first-order valence-corrected chi connectivity index (χ1v) is 11.7. The van der Waals surface area contributed by atoms with Crippen LogP contribution in [0.1, 0.15) is 31.2 Å². The van der Waals surface area contributed by atoms with Crippen LogP contribution in [0.15, 0.2) is 42.5 Å². The molecule has 0 atom stereocenters. The van der Waals surface area contributed by atoms with E-state index in [9.17, 15) is 0 Å². The number of nitrogens with one attached hydrogen (secondary N) is 3. The third-order valence-corrected chi connectivity index (χ3v) is 6.31. The van der Waals surface area contributed by atoms with Crippen LogP contribution in [0.25, 0.3) is 10.9 Å². The molecule has 168 valence electrons. The van der Waals surface area contributed by atoms with Gasteiger partial charge >= 0.3 is 0 Å². The molecule has 3 N–H and O–H groups in total. The van der Waals surface area contributed by atoms with Gasteiger partial charge in [0.05, 0.1) is 5.52 Å². The largest absolute Gasteiger partial charge is 0.362 e. The second-order valence-corrected chi connectivity index (χ2v) is 9.38. The predicted octanol–water partition coefficient (Wildman–Crippen LogP) is 5.37. The van der Waals surface area contributed by atoms with Gasteiger partial charge in [0.15, 0.2) is 5.11 Å². The second-order valence-electron chi connectivity index (χ2n) is 8.53. The smallest absolute Gasteiger partial charge is 0.225 e. The zero-order valence-electron chi connectivity index (χ0n) is 18.7. The predicted molar refractivity (Wildman–Crippen MR) is 139 cm³/mol. The van der Waals surface area contributed by atoms with Crippen molar-refractivity contribution in [3.05, 3.63) is 53.1 Å². The zero-order valence-corrected chi connectivity index (χ0v) is 20.2. The highest BCUT2D eigenvalue weighted by Crippen LogP contribution is 2.26. The van der Waals surface area contributed by atoms with Gasteiger partial charge in [0.1, 0.15) is 5.82 Å². The maximum Gasteiger partial charge on any atom is 0.225 e. The number of para-hydroxylation sites is 1. The Morgan fingerprint density at radius 3 is 2.50 bits per heavy atom. The summed E-state index contributed by atoms with van der Waals surface area (Å²) in [4.78, 5) is 11.5. The van der Waals surface area contributed by atoms with Crippen LogP contribution < -0.4 is 20.9 Å². The molecule has 0 saturated heterocycles. The first-order chi connectivity index (χ1) is 15.4. The summed E-state index contributed by atoms with van der Waals surface area (Å²) in [5.74, 6) is 1.62. The SMILES string of the molecule is Cc1ccc(Cl)cc1NC(=S)N[C@H]1CC[C@@H](Nc2nc(N(C)C)c3ccccc3n2)CC1. The Balaban J connectivity index is 1.33. The van der Waals surface area contributed by atoms with Gasteiger partial charge in [0.25, 0.3) is 0 Å². The number of hydrogen-bond donors (Lipinski definition) is 3. The van der Waals surface area contributed by atoms with E-state index in [0.717, 1.165) is 53.7 Å². The topological polar surface area (TPSA) is 65.1 Å². The molecule has 1 saturated carbocycles. The Labute approximate surface area is 199 Å². The van der Waals surface area contributed by atoms with Crippen molar-refractivity contribution in [3.8, 4) is 0 Å². The minimum absolute atomic E-state index is 0.348. The lowest BCUT2D eigenvalue weighted by Crippen LogP contribution is -2.42. The molecule has 0 radical (unpaired) electrons. The molecule has 1 heterocycles. The maximum atomic E-state index is 6.11. The molecule has 1 aromatic heterocycles. The monoisotopic (exact) mass is 468 g/mol. The Bertz CT molecular complexity index is 1110. The number of aryl methyl sites for hydroxylation is 1. The van der Waals surface area contributed by atoms with Gasteiger partial charge in [0, 0.05) is 42.3 Å². The average Bonchev–Trinajstić information content (AvgIpc) is 2.77. The summed E-state index contributed by atoms with van der Waals surface area (Å²) in [6.45, 7) is 2.04. The zero-order chi connectivity index (χ0) is 22.7. The molecule has 1 fully saturated rings. The average molecular weight is 469 g/mol. The van der Waals surface area contributed by atoms with Crippen molar-refractivity contribution in [3.63, 3.8) is 0 Å². The highest BCUT2D eigenvalue weighted by molar-refractivity contribution is 7.80. The van der Waals surface area contributed by atoms with Crippen LogP contribution in [-0.2, 0) is 0 Å². The maximum absolute atomic E-state index is 6.11. The molecule has 1 aliphatic rings. The van der Waals surface area contributed by atoms with Crippen LogP contribution in [-0.4, -0.2) is 41.3 Å². The van der Waals surface area contributed by atoms with E-state index in [1.807, 2.05) is 62.3 Å². The van der Waals surface area contributed by atoms with E-state index in [4.69, 9.17) is 33.8 Å². The fourth-order valence-corrected chi connectivity index (χ4v) is 4.55. The van der Waals surface area contributed by atoms with Crippen LogP contribution in [0.5, 0.6) is 0 Å². The van der Waals surface area contributed by atoms with E-state index in [2.05, 4.69) is 22.0 Å². The summed E-state index contributed by atoms with van der Waals surface area (Å²) in [5, 5.41) is 12.7. The number of benzene rings is 2. The molecule has 32 heavy (non-hydrogen) atoms. The lowest BCUT2D eigenvalue weighted by molar-refractivity contribution is 0.387. The van der Waals surface area contributed by atoms with Crippen molar-refractivity contribution in [2.75, 3.05) is 29.6 Å². The van der Waals surface area contributed by atoms with E-state index >= 15 is 0 Å². The van der Waals surface area contributed by atoms with Crippen molar-refractivity contribution in [1.82, 2.24) is 15.3 Å². The third-order valence-electron chi connectivity index (χ3n) is 5.85. The molecule has 8 heteroatoms.